The Morgan fingerprint density at radius 1 is 1.33 bits per heavy atom. The third-order valence-corrected chi connectivity index (χ3v) is 3.20. The molecule has 0 bridgehead atoms. The van der Waals surface area contributed by atoms with Gasteiger partial charge in [-0.1, -0.05) is 6.42 Å². The van der Waals surface area contributed by atoms with Crippen LogP contribution in [0.5, 0.6) is 0 Å². The summed E-state index contributed by atoms with van der Waals surface area (Å²) >= 11 is 0. The van der Waals surface area contributed by atoms with Crippen LogP contribution in [0.15, 0.2) is 0 Å². The lowest BCUT2D eigenvalue weighted by Crippen LogP contribution is -2.32. The first-order valence-corrected chi connectivity index (χ1v) is 4.81. The van der Waals surface area contributed by atoms with Crippen LogP contribution in [0.2, 0.25) is 0 Å². The van der Waals surface area contributed by atoms with E-state index in [0.717, 1.165) is 11.8 Å². The molecule has 2 rings (SSSR count). The summed E-state index contributed by atoms with van der Waals surface area (Å²) in [6.07, 6.45) is 4.22. The Labute approximate surface area is 73.4 Å². The second-order valence-corrected chi connectivity index (χ2v) is 4.17. The lowest BCUT2D eigenvalue weighted by atomic mass is 10.0. The topological polar surface area (TPSA) is 53.1 Å². The molecule has 12 heavy (non-hydrogen) atoms. The Morgan fingerprint density at radius 2 is 1.92 bits per heavy atom. The van der Waals surface area contributed by atoms with Crippen LogP contribution < -0.4 is 5.73 Å². The van der Waals surface area contributed by atoms with Gasteiger partial charge in [0.05, 0.1) is 6.54 Å². The van der Waals surface area contributed by atoms with Gasteiger partial charge in [-0.2, -0.15) is 0 Å². The van der Waals surface area contributed by atoms with E-state index < -0.39 is 0 Å². The Kier molecular flexibility index (Phi) is 2.05. The maximum absolute atomic E-state index is 7.20. The number of likely N-dealkylation sites (tertiary alicyclic amines) is 1. The maximum Gasteiger partial charge on any atom is 0.105 e. The van der Waals surface area contributed by atoms with Crippen molar-refractivity contribution in [1.29, 1.82) is 5.41 Å². The fourth-order valence-electron chi connectivity index (χ4n) is 2.70. The molecule has 1 aliphatic carbocycles. The van der Waals surface area contributed by atoms with Gasteiger partial charge in [0.2, 0.25) is 0 Å². The van der Waals surface area contributed by atoms with Crippen LogP contribution in [0, 0.1) is 17.2 Å². The van der Waals surface area contributed by atoms with Gasteiger partial charge in [-0.3, -0.25) is 10.3 Å². The molecular formula is C9H17N3. The van der Waals surface area contributed by atoms with E-state index in [1.165, 1.54) is 32.4 Å². The maximum atomic E-state index is 7.20. The van der Waals surface area contributed by atoms with Gasteiger partial charge in [0.1, 0.15) is 5.84 Å². The summed E-state index contributed by atoms with van der Waals surface area (Å²) in [6, 6.07) is 0. The molecule has 2 unspecified atom stereocenters. The molecule has 68 valence electrons. The van der Waals surface area contributed by atoms with Crippen molar-refractivity contribution >= 4 is 5.84 Å². The van der Waals surface area contributed by atoms with Gasteiger partial charge >= 0.3 is 0 Å². The SMILES string of the molecule is N=C(N)CN1CC2CCCC2C1. The third kappa shape index (κ3) is 1.46. The fraction of sp³-hybridized carbons (Fsp3) is 0.889. The standard InChI is InChI=1S/C9H17N3/c10-9(11)6-12-4-7-2-1-3-8(7)5-12/h7-8H,1-6H2,(H3,10,11). The highest BCUT2D eigenvalue weighted by Crippen LogP contribution is 2.37. The molecule has 3 N–H and O–H groups in total. The van der Waals surface area contributed by atoms with Crippen molar-refractivity contribution < 1.29 is 0 Å². The van der Waals surface area contributed by atoms with Gasteiger partial charge in [-0.05, 0) is 24.7 Å². The number of fused-ring (bicyclic) bond motifs is 1. The molecule has 2 atom stereocenters. The summed E-state index contributed by atoms with van der Waals surface area (Å²) in [5, 5.41) is 7.20. The molecule has 1 aliphatic heterocycles. The molecule has 3 heteroatoms. The van der Waals surface area contributed by atoms with Gasteiger partial charge in [0.25, 0.3) is 0 Å². The number of nitrogens with zero attached hydrogens (tertiary/aromatic N) is 1. The van der Waals surface area contributed by atoms with Crippen molar-refractivity contribution in [2.75, 3.05) is 19.6 Å². The highest BCUT2D eigenvalue weighted by atomic mass is 15.2. The number of hydrogen-bond acceptors (Lipinski definition) is 2. The molecule has 0 radical (unpaired) electrons. The second-order valence-electron chi connectivity index (χ2n) is 4.17. The summed E-state index contributed by atoms with van der Waals surface area (Å²) in [5.41, 5.74) is 5.36. The van der Waals surface area contributed by atoms with E-state index in [4.69, 9.17) is 11.1 Å². The van der Waals surface area contributed by atoms with Crippen LogP contribution >= 0.6 is 0 Å². The average molecular weight is 167 g/mol. The number of hydrogen-bond donors (Lipinski definition) is 2. The van der Waals surface area contributed by atoms with Gasteiger partial charge < -0.3 is 5.73 Å². The van der Waals surface area contributed by atoms with E-state index in [9.17, 15) is 0 Å². The molecule has 0 aromatic rings. The molecule has 2 aliphatic rings. The van der Waals surface area contributed by atoms with Crippen molar-refractivity contribution in [2.24, 2.45) is 17.6 Å². The molecule has 2 fully saturated rings. The van der Waals surface area contributed by atoms with Gasteiger partial charge in [0.15, 0.2) is 0 Å². The van der Waals surface area contributed by atoms with Gasteiger partial charge in [-0.15, -0.1) is 0 Å². The number of nitrogens with two attached hydrogens (primary N) is 1. The Morgan fingerprint density at radius 3 is 2.42 bits per heavy atom. The van der Waals surface area contributed by atoms with Gasteiger partial charge in [0, 0.05) is 13.1 Å². The molecule has 0 spiro atoms. The van der Waals surface area contributed by atoms with Crippen molar-refractivity contribution in [3.05, 3.63) is 0 Å². The summed E-state index contributed by atoms with van der Waals surface area (Å²) in [4.78, 5) is 2.33. The highest BCUT2D eigenvalue weighted by molar-refractivity contribution is 5.78. The first-order valence-electron chi connectivity index (χ1n) is 4.81. The highest BCUT2D eigenvalue weighted by Gasteiger charge is 2.35. The van der Waals surface area contributed by atoms with Crippen LogP contribution in [-0.2, 0) is 0 Å². The average Bonchev–Trinajstić information content (AvgIpc) is 2.43. The Hall–Kier alpha value is -0.570. The van der Waals surface area contributed by atoms with Crippen LogP contribution in [0.4, 0.5) is 0 Å². The van der Waals surface area contributed by atoms with E-state index in [0.29, 0.717) is 12.4 Å². The lowest BCUT2D eigenvalue weighted by molar-refractivity contribution is 0.352. The zero-order chi connectivity index (χ0) is 8.55. The Balaban J connectivity index is 1.86. The van der Waals surface area contributed by atoms with E-state index in [1.807, 2.05) is 0 Å². The monoisotopic (exact) mass is 167 g/mol. The summed E-state index contributed by atoms with van der Waals surface area (Å²) in [5.74, 6) is 2.16. The molecule has 3 nitrogen and oxygen atoms in total. The predicted octanol–water partition coefficient (Wildman–Crippen LogP) is 0.654. The summed E-state index contributed by atoms with van der Waals surface area (Å²) in [6.45, 7) is 3.06. The van der Waals surface area contributed by atoms with E-state index in [-0.39, 0.29) is 0 Å². The molecule has 0 amide bonds. The van der Waals surface area contributed by atoms with Crippen molar-refractivity contribution in [1.82, 2.24) is 4.90 Å². The van der Waals surface area contributed by atoms with Crippen LogP contribution in [0.25, 0.3) is 0 Å². The largest absolute Gasteiger partial charge is 0.387 e. The number of nitrogens with one attached hydrogen (secondary N) is 1. The molecule has 0 aromatic heterocycles. The molecule has 1 saturated heterocycles. The number of amidine groups is 1. The van der Waals surface area contributed by atoms with Crippen LogP contribution in [0.3, 0.4) is 0 Å². The summed E-state index contributed by atoms with van der Waals surface area (Å²) in [7, 11) is 0. The zero-order valence-corrected chi connectivity index (χ0v) is 7.42. The zero-order valence-electron chi connectivity index (χ0n) is 7.42. The first-order chi connectivity index (χ1) is 5.75. The summed E-state index contributed by atoms with van der Waals surface area (Å²) < 4.78 is 0. The minimum atomic E-state index is 0.315. The van der Waals surface area contributed by atoms with E-state index in [2.05, 4.69) is 4.90 Å². The quantitative estimate of drug-likeness (QED) is 0.469. The first kappa shape index (κ1) is 8.05. The molecule has 1 heterocycles. The minimum Gasteiger partial charge on any atom is -0.387 e. The second kappa shape index (κ2) is 3.05. The van der Waals surface area contributed by atoms with E-state index >= 15 is 0 Å². The molecular weight excluding hydrogens is 150 g/mol. The van der Waals surface area contributed by atoms with Crippen LogP contribution in [0.1, 0.15) is 19.3 Å². The van der Waals surface area contributed by atoms with Gasteiger partial charge in [-0.25, -0.2) is 0 Å². The third-order valence-electron chi connectivity index (χ3n) is 3.20. The fourth-order valence-corrected chi connectivity index (χ4v) is 2.70. The molecule has 1 saturated carbocycles. The van der Waals surface area contributed by atoms with E-state index in [1.54, 1.807) is 0 Å². The normalized spacial score (nSPS) is 35.3. The lowest BCUT2D eigenvalue weighted by Gasteiger charge is -2.14. The minimum absolute atomic E-state index is 0.315. The number of rotatable bonds is 2. The van der Waals surface area contributed by atoms with Crippen LogP contribution in [-0.4, -0.2) is 30.4 Å². The Bertz CT molecular complexity index is 178. The van der Waals surface area contributed by atoms with Crippen molar-refractivity contribution in [3.8, 4) is 0 Å². The predicted molar refractivity (Wildman–Crippen MR) is 49.2 cm³/mol. The van der Waals surface area contributed by atoms with Crippen molar-refractivity contribution in [3.63, 3.8) is 0 Å². The molecule has 0 aromatic carbocycles. The van der Waals surface area contributed by atoms with Crippen molar-refractivity contribution in [2.45, 2.75) is 19.3 Å². The smallest absolute Gasteiger partial charge is 0.105 e.